The number of imidazole rings is 1. The van der Waals surface area contributed by atoms with Crippen molar-refractivity contribution in [2.24, 2.45) is 5.92 Å². The Hall–Kier alpha value is -3.18. The van der Waals surface area contributed by atoms with Crippen LogP contribution in [0.5, 0.6) is 0 Å². The maximum absolute atomic E-state index is 13.1. The largest absolute Gasteiger partial charge is 0.433 e. The maximum Gasteiger partial charge on any atom is 0.433 e. The van der Waals surface area contributed by atoms with E-state index in [9.17, 15) is 26.7 Å². The third kappa shape index (κ3) is 4.26. The lowest BCUT2D eigenvalue weighted by atomic mass is 10.1. The molecule has 3 aromatic heterocycles. The molecule has 0 spiro atoms. The topological polar surface area (TPSA) is 85.6 Å². The Kier molecular flexibility index (Phi) is 5.55. The Labute approximate surface area is 179 Å². The van der Waals surface area contributed by atoms with E-state index in [1.54, 1.807) is 4.57 Å². The molecule has 0 aliphatic heterocycles. The molecule has 3 heterocycles. The Bertz CT molecular complexity index is 1140. The van der Waals surface area contributed by atoms with Crippen molar-refractivity contribution in [3.8, 4) is 0 Å². The lowest BCUT2D eigenvalue weighted by Crippen LogP contribution is -2.33. The standard InChI is InChI=1S/C20H19F5N6O/c1-9(2)31-14-8-28-15(20(23,24)25)5-11(14)29-18(31)16(10-3-4-10)30-19(32)13-7-26-12(6-27-13)17(21)22/h5-10,16-17H,3-4H2,1-2H3,(H,30,32)/t16-/m0/s1. The highest BCUT2D eigenvalue weighted by molar-refractivity contribution is 5.92. The molecular formula is C20H19F5N6O. The van der Waals surface area contributed by atoms with Crippen molar-refractivity contribution in [3.05, 3.63) is 47.6 Å². The van der Waals surface area contributed by atoms with E-state index in [-0.39, 0.29) is 23.2 Å². The van der Waals surface area contributed by atoms with Gasteiger partial charge in [0.25, 0.3) is 12.3 Å². The smallest absolute Gasteiger partial charge is 0.340 e. The molecule has 7 nitrogen and oxygen atoms in total. The molecule has 4 rings (SSSR count). The summed E-state index contributed by atoms with van der Waals surface area (Å²) < 4.78 is 66.4. The van der Waals surface area contributed by atoms with Crippen LogP contribution in [0.15, 0.2) is 24.7 Å². The summed E-state index contributed by atoms with van der Waals surface area (Å²) in [5, 5.41) is 2.81. The Morgan fingerprint density at radius 1 is 1.12 bits per heavy atom. The monoisotopic (exact) mass is 454 g/mol. The molecule has 0 unspecified atom stereocenters. The van der Waals surface area contributed by atoms with Crippen LogP contribution in [0.25, 0.3) is 11.0 Å². The summed E-state index contributed by atoms with van der Waals surface area (Å²) in [5.74, 6) is -0.188. The second-order valence-electron chi connectivity index (χ2n) is 7.91. The van der Waals surface area contributed by atoms with E-state index >= 15 is 0 Å². The first-order valence-corrected chi connectivity index (χ1v) is 9.92. The summed E-state index contributed by atoms with van der Waals surface area (Å²) >= 11 is 0. The van der Waals surface area contributed by atoms with Crippen molar-refractivity contribution >= 4 is 16.9 Å². The first-order chi connectivity index (χ1) is 15.1. The van der Waals surface area contributed by atoms with Crippen LogP contribution in [0.1, 0.15) is 72.9 Å². The van der Waals surface area contributed by atoms with Crippen molar-refractivity contribution in [1.82, 2.24) is 29.8 Å². The number of alkyl halides is 5. The lowest BCUT2D eigenvalue weighted by molar-refractivity contribution is -0.141. The zero-order chi connectivity index (χ0) is 23.2. The number of fused-ring (bicyclic) bond motifs is 1. The first kappa shape index (κ1) is 22.0. The van der Waals surface area contributed by atoms with Crippen LogP contribution in [0.2, 0.25) is 0 Å². The summed E-state index contributed by atoms with van der Waals surface area (Å²) in [4.78, 5) is 28.0. The van der Waals surface area contributed by atoms with Crippen molar-refractivity contribution in [2.75, 3.05) is 0 Å². The van der Waals surface area contributed by atoms with Crippen LogP contribution < -0.4 is 5.32 Å². The number of carbonyl (C=O) groups is 1. The zero-order valence-electron chi connectivity index (χ0n) is 17.1. The zero-order valence-corrected chi connectivity index (χ0v) is 17.1. The summed E-state index contributed by atoms with van der Waals surface area (Å²) in [7, 11) is 0. The molecule has 3 aromatic rings. The van der Waals surface area contributed by atoms with Gasteiger partial charge in [-0.1, -0.05) is 0 Å². The molecule has 1 amide bonds. The third-order valence-corrected chi connectivity index (χ3v) is 5.20. The molecule has 1 aliphatic rings. The van der Waals surface area contributed by atoms with Crippen LogP contribution in [-0.4, -0.2) is 30.4 Å². The number of halogens is 5. The van der Waals surface area contributed by atoms with Gasteiger partial charge in [-0.05, 0) is 38.7 Å². The van der Waals surface area contributed by atoms with Gasteiger partial charge in [0.15, 0.2) is 0 Å². The van der Waals surface area contributed by atoms with E-state index in [4.69, 9.17) is 0 Å². The van der Waals surface area contributed by atoms with Crippen molar-refractivity contribution in [2.45, 2.75) is 51.4 Å². The molecule has 1 fully saturated rings. The first-order valence-electron chi connectivity index (χ1n) is 9.92. The fourth-order valence-corrected chi connectivity index (χ4v) is 3.54. The van der Waals surface area contributed by atoms with E-state index < -0.39 is 35.9 Å². The van der Waals surface area contributed by atoms with Crippen molar-refractivity contribution < 1.29 is 26.7 Å². The predicted octanol–water partition coefficient (Wildman–Crippen LogP) is 4.64. The highest BCUT2D eigenvalue weighted by Gasteiger charge is 2.38. The molecule has 1 N–H and O–H groups in total. The molecule has 1 aliphatic carbocycles. The highest BCUT2D eigenvalue weighted by Crippen LogP contribution is 2.42. The maximum atomic E-state index is 13.1. The third-order valence-electron chi connectivity index (χ3n) is 5.20. The fourth-order valence-electron chi connectivity index (χ4n) is 3.54. The summed E-state index contributed by atoms with van der Waals surface area (Å²) in [6.45, 7) is 3.70. The number of aromatic nitrogens is 5. The average Bonchev–Trinajstić information content (AvgIpc) is 3.49. The average molecular weight is 454 g/mol. The van der Waals surface area contributed by atoms with Crippen molar-refractivity contribution in [3.63, 3.8) is 0 Å². The number of nitrogens with zero attached hydrogens (tertiary/aromatic N) is 5. The van der Waals surface area contributed by atoms with Gasteiger partial charge in [0.05, 0.1) is 35.7 Å². The van der Waals surface area contributed by atoms with Gasteiger partial charge in [0, 0.05) is 6.04 Å². The summed E-state index contributed by atoms with van der Waals surface area (Å²) in [6, 6.07) is 0.123. The molecule has 0 saturated heterocycles. The van der Waals surface area contributed by atoms with Crippen LogP contribution in [0.4, 0.5) is 22.0 Å². The number of hydrogen-bond acceptors (Lipinski definition) is 5. The van der Waals surface area contributed by atoms with E-state index in [0.29, 0.717) is 11.3 Å². The normalized spacial score (nSPS) is 15.5. The van der Waals surface area contributed by atoms with Gasteiger partial charge in [0.2, 0.25) is 0 Å². The highest BCUT2D eigenvalue weighted by atomic mass is 19.4. The van der Waals surface area contributed by atoms with Gasteiger partial charge < -0.3 is 9.88 Å². The van der Waals surface area contributed by atoms with E-state index in [2.05, 4.69) is 25.3 Å². The van der Waals surface area contributed by atoms with Gasteiger partial charge >= 0.3 is 6.18 Å². The Balaban J connectivity index is 1.70. The van der Waals surface area contributed by atoms with Gasteiger partial charge in [-0.2, -0.15) is 13.2 Å². The van der Waals surface area contributed by atoms with E-state index in [1.165, 1.54) is 0 Å². The second-order valence-corrected chi connectivity index (χ2v) is 7.91. The number of hydrogen-bond donors (Lipinski definition) is 1. The molecule has 0 radical (unpaired) electrons. The second kappa shape index (κ2) is 8.06. The summed E-state index contributed by atoms with van der Waals surface area (Å²) in [6.07, 6.45) is -2.88. The molecule has 0 aromatic carbocycles. The number of nitrogens with one attached hydrogen (secondary N) is 1. The van der Waals surface area contributed by atoms with E-state index in [1.807, 2.05) is 13.8 Å². The molecule has 32 heavy (non-hydrogen) atoms. The van der Waals surface area contributed by atoms with Gasteiger partial charge in [-0.3, -0.25) is 9.78 Å². The SMILES string of the molecule is CC(C)n1c([C@@H](NC(=O)c2cnc(C(F)F)cn2)C2CC2)nc2cc(C(F)(F)F)ncc21. The Morgan fingerprint density at radius 3 is 2.38 bits per heavy atom. The number of carbonyl (C=O) groups excluding carboxylic acids is 1. The van der Waals surface area contributed by atoms with E-state index in [0.717, 1.165) is 37.5 Å². The molecule has 170 valence electrons. The minimum atomic E-state index is -4.61. The minimum absolute atomic E-state index is 0.0385. The Morgan fingerprint density at radius 2 is 1.84 bits per heavy atom. The molecule has 1 saturated carbocycles. The number of amides is 1. The lowest BCUT2D eigenvalue weighted by Gasteiger charge is -2.21. The molecule has 0 bridgehead atoms. The van der Waals surface area contributed by atoms with Crippen LogP contribution in [-0.2, 0) is 6.18 Å². The quantitative estimate of drug-likeness (QED) is 0.549. The predicted molar refractivity (Wildman–Crippen MR) is 103 cm³/mol. The number of pyridine rings is 1. The molecular weight excluding hydrogens is 435 g/mol. The number of rotatable bonds is 6. The van der Waals surface area contributed by atoms with Gasteiger partial charge in [0.1, 0.15) is 22.9 Å². The van der Waals surface area contributed by atoms with Crippen LogP contribution >= 0.6 is 0 Å². The molecule has 1 atom stereocenters. The fraction of sp³-hybridized carbons (Fsp3) is 0.450. The summed E-state index contributed by atoms with van der Waals surface area (Å²) in [5.41, 5.74) is -1.20. The van der Waals surface area contributed by atoms with Gasteiger partial charge in [-0.15, -0.1) is 0 Å². The van der Waals surface area contributed by atoms with Crippen molar-refractivity contribution in [1.29, 1.82) is 0 Å². The molecule has 12 heteroatoms. The van der Waals surface area contributed by atoms with Gasteiger partial charge in [-0.25, -0.2) is 23.7 Å². The minimum Gasteiger partial charge on any atom is -0.340 e. The van der Waals surface area contributed by atoms with Crippen LogP contribution in [0, 0.1) is 5.92 Å². The van der Waals surface area contributed by atoms with Crippen LogP contribution in [0.3, 0.4) is 0 Å².